The van der Waals surface area contributed by atoms with E-state index in [-0.39, 0.29) is 0 Å². The third-order valence-corrected chi connectivity index (χ3v) is 3.65. The predicted octanol–water partition coefficient (Wildman–Crippen LogP) is 2.64. The van der Waals surface area contributed by atoms with E-state index in [2.05, 4.69) is 35.8 Å². The van der Waals surface area contributed by atoms with Gasteiger partial charge < -0.3 is 0 Å². The molecule has 1 aromatic carbocycles. The van der Waals surface area contributed by atoms with Crippen molar-refractivity contribution in [3.05, 3.63) is 35.9 Å². The molecule has 88 valence electrons. The summed E-state index contributed by atoms with van der Waals surface area (Å²) in [4.78, 5) is 0. The molecule has 3 N–H and O–H groups in total. The molecule has 1 aliphatic rings. The average molecular weight is 218 g/mol. The van der Waals surface area contributed by atoms with E-state index in [9.17, 15) is 0 Å². The first-order valence-corrected chi connectivity index (χ1v) is 6.38. The van der Waals surface area contributed by atoms with Crippen LogP contribution >= 0.6 is 0 Å². The van der Waals surface area contributed by atoms with E-state index in [1.807, 2.05) is 0 Å². The number of hydrogen-bond donors (Lipinski definition) is 2. The second-order valence-electron chi connectivity index (χ2n) is 4.94. The zero-order valence-electron chi connectivity index (χ0n) is 9.86. The Morgan fingerprint density at radius 2 is 1.88 bits per heavy atom. The SMILES string of the molecule is NNC(Cc1ccccc1)CC1CCCC1. The van der Waals surface area contributed by atoms with Crippen molar-refractivity contribution in [3.63, 3.8) is 0 Å². The highest BCUT2D eigenvalue weighted by Crippen LogP contribution is 2.29. The van der Waals surface area contributed by atoms with E-state index in [1.54, 1.807) is 0 Å². The molecule has 0 radical (unpaired) electrons. The Kier molecular flexibility index (Phi) is 4.37. The van der Waals surface area contributed by atoms with Crippen LogP contribution in [-0.4, -0.2) is 6.04 Å². The number of hydrazine groups is 1. The first-order valence-electron chi connectivity index (χ1n) is 6.38. The van der Waals surface area contributed by atoms with Crippen molar-refractivity contribution in [3.8, 4) is 0 Å². The fourth-order valence-corrected chi connectivity index (χ4v) is 2.76. The van der Waals surface area contributed by atoms with Gasteiger partial charge in [-0.1, -0.05) is 56.0 Å². The lowest BCUT2D eigenvalue weighted by Crippen LogP contribution is -2.38. The van der Waals surface area contributed by atoms with Crippen molar-refractivity contribution in [2.45, 2.75) is 44.6 Å². The maximum absolute atomic E-state index is 5.65. The van der Waals surface area contributed by atoms with Crippen LogP contribution in [0.1, 0.15) is 37.7 Å². The molecule has 2 rings (SSSR count). The van der Waals surface area contributed by atoms with Gasteiger partial charge in [0.05, 0.1) is 0 Å². The van der Waals surface area contributed by atoms with Crippen molar-refractivity contribution in [2.24, 2.45) is 11.8 Å². The van der Waals surface area contributed by atoms with Crippen molar-refractivity contribution in [1.82, 2.24) is 5.43 Å². The zero-order chi connectivity index (χ0) is 11.2. The van der Waals surface area contributed by atoms with Gasteiger partial charge in [0.2, 0.25) is 0 Å². The molecule has 1 aliphatic carbocycles. The fraction of sp³-hybridized carbons (Fsp3) is 0.571. The van der Waals surface area contributed by atoms with E-state index < -0.39 is 0 Å². The summed E-state index contributed by atoms with van der Waals surface area (Å²) in [5.41, 5.74) is 4.36. The smallest absolute Gasteiger partial charge is 0.0253 e. The summed E-state index contributed by atoms with van der Waals surface area (Å²) in [6.45, 7) is 0. The molecule has 1 saturated carbocycles. The van der Waals surface area contributed by atoms with E-state index in [0.29, 0.717) is 6.04 Å². The molecule has 2 nitrogen and oxygen atoms in total. The van der Waals surface area contributed by atoms with Crippen LogP contribution in [0.3, 0.4) is 0 Å². The molecule has 0 saturated heterocycles. The molecule has 0 aliphatic heterocycles. The van der Waals surface area contributed by atoms with Crippen molar-refractivity contribution in [1.29, 1.82) is 0 Å². The molecule has 1 aromatic rings. The maximum Gasteiger partial charge on any atom is 0.0253 e. The Bertz CT molecular complexity index is 291. The summed E-state index contributed by atoms with van der Waals surface area (Å²) in [6.07, 6.45) is 7.89. The lowest BCUT2D eigenvalue weighted by Gasteiger charge is -2.19. The van der Waals surface area contributed by atoms with Gasteiger partial charge in [-0.3, -0.25) is 11.3 Å². The van der Waals surface area contributed by atoms with Gasteiger partial charge in [0, 0.05) is 6.04 Å². The summed E-state index contributed by atoms with van der Waals surface area (Å²) < 4.78 is 0. The molecular formula is C14H22N2. The van der Waals surface area contributed by atoms with Gasteiger partial charge in [-0.05, 0) is 24.3 Å². The van der Waals surface area contributed by atoms with Gasteiger partial charge in [-0.2, -0.15) is 0 Å². The van der Waals surface area contributed by atoms with E-state index in [4.69, 9.17) is 5.84 Å². The molecule has 2 heteroatoms. The quantitative estimate of drug-likeness (QED) is 0.589. The highest BCUT2D eigenvalue weighted by Gasteiger charge is 2.19. The van der Waals surface area contributed by atoms with Crippen LogP contribution < -0.4 is 11.3 Å². The summed E-state index contributed by atoms with van der Waals surface area (Å²) >= 11 is 0. The summed E-state index contributed by atoms with van der Waals surface area (Å²) in [6, 6.07) is 11.0. The highest BCUT2D eigenvalue weighted by molar-refractivity contribution is 5.15. The average Bonchev–Trinajstić information content (AvgIpc) is 2.82. The number of hydrogen-bond acceptors (Lipinski definition) is 2. The largest absolute Gasteiger partial charge is 0.271 e. The molecule has 0 amide bonds. The summed E-state index contributed by atoms with van der Waals surface area (Å²) in [5, 5.41) is 0. The molecule has 1 atom stereocenters. The molecule has 0 spiro atoms. The molecule has 0 heterocycles. The second kappa shape index (κ2) is 6.02. The molecule has 1 fully saturated rings. The van der Waals surface area contributed by atoms with E-state index in [1.165, 1.54) is 37.7 Å². The van der Waals surface area contributed by atoms with Crippen molar-refractivity contribution in [2.75, 3.05) is 0 Å². The number of benzene rings is 1. The predicted molar refractivity (Wildman–Crippen MR) is 67.8 cm³/mol. The Balaban J connectivity index is 1.85. The van der Waals surface area contributed by atoms with Gasteiger partial charge in [-0.25, -0.2) is 0 Å². The van der Waals surface area contributed by atoms with Gasteiger partial charge in [-0.15, -0.1) is 0 Å². The van der Waals surface area contributed by atoms with E-state index >= 15 is 0 Å². The molecule has 0 bridgehead atoms. The summed E-state index contributed by atoms with van der Waals surface area (Å²) in [5.74, 6) is 6.54. The minimum Gasteiger partial charge on any atom is -0.271 e. The second-order valence-corrected chi connectivity index (χ2v) is 4.94. The van der Waals surface area contributed by atoms with Crippen LogP contribution in [0.15, 0.2) is 30.3 Å². The maximum atomic E-state index is 5.65. The van der Waals surface area contributed by atoms with Crippen molar-refractivity contribution < 1.29 is 0 Å². The van der Waals surface area contributed by atoms with Gasteiger partial charge >= 0.3 is 0 Å². The number of nitrogens with one attached hydrogen (secondary N) is 1. The third-order valence-electron chi connectivity index (χ3n) is 3.65. The Morgan fingerprint density at radius 3 is 2.50 bits per heavy atom. The van der Waals surface area contributed by atoms with Gasteiger partial charge in [0.25, 0.3) is 0 Å². The Labute approximate surface area is 98.2 Å². The zero-order valence-corrected chi connectivity index (χ0v) is 9.86. The van der Waals surface area contributed by atoms with Crippen LogP contribution in [-0.2, 0) is 6.42 Å². The van der Waals surface area contributed by atoms with E-state index in [0.717, 1.165) is 12.3 Å². The number of nitrogens with two attached hydrogens (primary N) is 1. The van der Waals surface area contributed by atoms with Crippen molar-refractivity contribution >= 4 is 0 Å². The minimum atomic E-state index is 0.436. The normalized spacial score (nSPS) is 18.8. The standard InChI is InChI=1S/C14H22N2/c15-16-14(11-13-8-4-5-9-13)10-12-6-2-1-3-7-12/h1-3,6-7,13-14,16H,4-5,8-11,15H2. The third kappa shape index (κ3) is 3.32. The molecular weight excluding hydrogens is 196 g/mol. The topological polar surface area (TPSA) is 38.0 Å². The molecule has 0 aromatic heterocycles. The van der Waals surface area contributed by atoms with Crippen LogP contribution in [0.4, 0.5) is 0 Å². The Hall–Kier alpha value is -0.860. The Morgan fingerprint density at radius 1 is 1.19 bits per heavy atom. The fourth-order valence-electron chi connectivity index (χ4n) is 2.76. The van der Waals surface area contributed by atoms with Crippen LogP contribution in [0.2, 0.25) is 0 Å². The first kappa shape index (κ1) is 11.6. The molecule has 16 heavy (non-hydrogen) atoms. The van der Waals surface area contributed by atoms with Gasteiger partial charge in [0.1, 0.15) is 0 Å². The monoisotopic (exact) mass is 218 g/mol. The minimum absolute atomic E-state index is 0.436. The van der Waals surface area contributed by atoms with Crippen LogP contribution in [0.5, 0.6) is 0 Å². The first-order chi connectivity index (χ1) is 7.88. The summed E-state index contributed by atoms with van der Waals surface area (Å²) in [7, 11) is 0. The highest BCUT2D eigenvalue weighted by atomic mass is 15.2. The molecule has 1 unspecified atom stereocenters. The lowest BCUT2D eigenvalue weighted by atomic mass is 9.94. The lowest BCUT2D eigenvalue weighted by molar-refractivity contribution is 0.389. The van der Waals surface area contributed by atoms with Gasteiger partial charge in [0.15, 0.2) is 0 Å². The van der Waals surface area contributed by atoms with Crippen LogP contribution in [0.25, 0.3) is 0 Å². The van der Waals surface area contributed by atoms with Crippen LogP contribution in [0, 0.1) is 5.92 Å². The number of rotatable bonds is 5.